The van der Waals surface area contributed by atoms with E-state index in [1.54, 1.807) is 13.3 Å². The van der Waals surface area contributed by atoms with Gasteiger partial charge in [-0.3, -0.25) is 4.98 Å². The maximum atomic E-state index is 6.11. The Labute approximate surface area is 170 Å². The fraction of sp³-hybridized carbons (Fsp3) is 0.273. The predicted octanol–water partition coefficient (Wildman–Crippen LogP) is 4.83. The van der Waals surface area contributed by atoms with Crippen molar-refractivity contribution in [3.8, 4) is 11.5 Å². The first-order valence-corrected chi connectivity index (χ1v) is 9.65. The summed E-state index contributed by atoms with van der Waals surface area (Å²) in [5, 5.41) is 8.31. The summed E-state index contributed by atoms with van der Waals surface area (Å²) in [7, 11) is 1.65. The van der Waals surface area contributed by atoms with Crippen molar-refractivity contribution >= 4 is 33.9 Å². The van der Waals surface area contributed by atoms with E-state index in [9.17, 15) is 0 Å². The zero-order valence-electron chi connectivity index (χ0n) is 16.2. The largest absolute Gasteiger partial charge is 0.494 e. The molecule has 1 aromatic heterocycles. The number of anilines is 1. The van der Waals surface area contributed by atoms with Crippen LogP contribution in [0.2, 0.25) is 0 Å². The van der Waals surface area contributed by atoms with E-state index in [1.165, 1.54) is 0 Å². The predicted molar refractivity (Wildman–Crippen MR) is 116 cm³/mol. The molecule has 0 aliphatic carbocycles. The zero-order valence-corrected chi connectivity index (χ0v) is 17.0. The molecule has 6 heteroatoms. The molecule has 0 amide bonds. The Kier molecular flexibility index (Phi) is 4.81. The van der Waals surface area contributed by atoms with Gasteiger partial charge in [0.15, 0.2) is 5.11 Å². The second kappa shape index (κ2) is 7.28. The van der Waals surface area contributed by atoms with Gasteiger partial charge in [-0.15, -0.1) is 0 Å². The Balaban J connectivity index is 1.58. The highest BCUT2D eigenvalue weighted by molar-refractivity contribution is 7.80. The molecular formula is C22H23N3O2S. The minimum absolute atomic E-state index is 0.0718. The van der Waals surface area contributed by atoms with Gasteiger partial charge in [0.1, 0.15) is 22.6 Å². The molecule has 4 rings (SSSR count). The van der Waals surface area contributed by atoms with Gasteiger partial charge >= 0.3 is 0 Å². The maximum absolute atomic E-state index is 6.11. The number of ether oxygens (including phenoxy) is 2. The van der Waals surface area contributed by atoms with E-state index < -0.39 is 0 Å². The monoisotopic (exact) mass is 393 g/mol. The summed E-state index contributed by atoms with van der Waals surface area (Å²) in [5.74, 6) is 1.64. The molecule has 2 heterocycles. The molecule has 1 aliphatic heterocycles. The molecule has 0 unspecified atom stereocenters. The van der Waals surface area contributed by atoms with Gasteiger partial charge in [-0.05, 0) is 56.4 Å². The summed E-state index contributed by atoms with van der Waals surface area (Å²) in [6.07, 6.45) is 2.57. The maximum Gasteiger partial charge on any atom is 0.171 e. The van der Waals surface area contributed by atoms with E-state index >= 15 is 0 Å². The van der Waals surface area contributed by atoms with Gasteiger partial charge in [-0.1, -0.05) is 18.2 Å². The smallest absolute Gasteiger partial charge is 0.171 e. The molecule has 28 heavy (non-hydrogen) atoms. The van der Waals surface area contributed by atoms with Gasteiger partial charge in [0.25, 0.3) is 0 Å². The molecule has 0 fully saturated rings. The molecule has 0 spiro atoms. The molecule has 2 N–H and O–H groups in total. The second-order valence-corrected chi connectivity index (χ2v) is 7.88. The van der Waals surface area contributed by atoms with E-state index in [0.717, 1.165) is 40.1 Å². The van der Waals surface area contributed by atoms with Crippen molar-refractivity contribution in [2.24, 2.45) is 0 Å². The minimum Gasteiger partial charge on any atom is -0.494 e. The number of hydrogen-bond donors (Lipinski definition) is 2. The number of rotatable bonds is 3. The van der Waals surface area contributed by atoms with Gasteiger partial charge in [-0.25, -0.2) is 0 Å². The van der Waals surface area contributed by atoms with E-state index in [2.05, 4.69) is 35.5 Å². The highest BCUT2D eigenvalue weighted by Gasteiger charge is 2.33. The fourth-order valence-corrected chi connectivity index (χ4v) is 3.92. The molecule has 0 bridgehead atoms. The van der Waals surface area contributed by atoms with Crippen LogP contribution in [0.1, 0.15) is 31.9 Å². The summed E-state index contributed by atoms with van der Waals surface area (Å²) in [5.41, 5.74) is 2.54. The number of methoxy groups -OCH3 is 1. The standard InChI is InChI=1S/C22H23N3O2S/c1-22(2)13-17(14-7-4-5-9-18(14)27-22)25-21(28)24-16-10-11-19(26-3)20-15(16)8-6-12-23-20/h4-12,17H,13H2,1-3H3,(H2,24,25,28)/t17-/m0/s1. The average Bonchev–Trinajstić information content (AvgIpc) is 2.67. The van der Waals surface area contributed by atoms with Crippen molar-refractivity contribution < 1.29 is 9.47 Å². The van der Waals surface area contributed by atoms with E-state index in [-0.39, 0.29) is 11.6 Å². The number of thiocarbonyl (C=S) groups is 1. The number of nitrogens with zero attached hydrogens (tertiary/aromatic N) is 1. The van der Waals surface area contributed by atoms with Crippen LogP contribution >= 0.6 is 12.2 Å². The van der Waals surface area contributed by atoms with Gasteiger partial charge in [0.2, 0.25) is 0 Å². The third-order valence-corrected chi connectivity index (χ3v) is 5.10. The van der Waals surface area contributed by atoms with Gasteiger partial charge in [0, 0.05) is 29.3 Å². The summed E-state index contributed by atoms with van der Waals surface area (Å²) >= 11 is 5.63. The summed E-state index contributed by atoms with van der Waals surface area (Å²) in [6.45, 7) is 4.19. The van der Waals surface area contributed by atoms with Crippen molar-refractivity contribution in [2.75, 3.05) is 12.4 Å². The van der Waals surface area contributed by atoms with Gasteiger partial charge in [0.05, 0.1) is 13.2 Å². The lowest BCUT2D eigenvalue weighted by molar-refractivity contribution is 0.0697. The Morgan fingerprint density at radius 1 is 1.18 bits per heavy atom. The van der Waals surface area contributed by atoms with E-state index in [0.29, 0.717) is 5.11 Å². The molecule has 0 saturated heterocycles. The number of pyridine rings is 1. The number of benzene rings is 2. The first-order valence-electron chi connectivity index (χ1n) is 9.24. The quantitative estimate of drug-likeness (QED) is 0.622. The minimum atomic E-state index is -0.266. The number of para-hydroxylation sites is 1. The topological polar surface area (TPSA) is 55.4 Å². The lowest BCUT2D eigenvalue weighted by Gasteiger charge is -2.38. The molecular weight excluding hydrogens is 370 g/mol. The zero-order chi connectivity index (χ0) is 19.7. The summed E-state index contributed by atoms with van der Waals surface area (Å²) < 4.78 is 11.5. The van der Waals surface area contributed by atoms with Crippen LogP contribution in [0.3, 0.4) is 0 Å². The summed E-state index contributed by atoms with van der Waals surface area (Å²) in [6, 6.07) is 15.9. The normalized spacial score (nSPS) is 17.3. The van der Waals surface area contributed by atoms with E-state index in [4.69, 9.17) is 21.7 Å². The highest BCUT2D eigenvalue weighted by Crippen LogP contribution is 2.39. The van der Waals surface area contributed by atoms with Crippen molar-refractivity contribution in [3.05, 3.63) is 60.3 Å². The first kappa shape index (κ1) is 18.5. The number of hydrogen-bond acceptors (Lipinski definition) is 4. The molecule has 1 atom stereocenters. The lowest BCUT2D eigenvalue weighted by Crippen LogP contribution is -2.42. The number of aromatic nitrogens is 1. The van der Waals surface area contributed by atoms with Crippen LogP contribution in [-0.2, 0) is 0 Å². The SMILES string of the molecule is COc1ccc(NC(=S)N[C@H]2CC(C)(C)Oc3ccccc32)c2cccnc12. The Hall–Kier alpha value is -2.86. The van der Waals surface area contributed by atoms with Crippen LogP contribution in [0.5, 0.6) is 11.5 Å². The summed E-state index contributed by atoms with van der Waals surface area (Å²) in [4.78, 5) is 4.44. The second-order valence-electron chi connectivity index (χ2n) is 7.47. The molecule has 144 valence electrons. The Morgan fingerprint density at radius 2 is 2.00 bits per heavy atom. The van der Waals surface area contributed by atoms with Crippen LogP contribution in [0.25, 0.3) is 10.9 Å². The molecule has 5 nitrogen and oxygen atoms in total. The van der Waals surface area contributed by atoms with Crippen LogP contribution in [0.4, 0.5) is 5.69 Å². The molecule has 0 saturated carbocycles. The van der Waals surface area contributed by atoms with Crippen LogP contribution in [-0.4, -0.2) is 22.8 Å². The molecule has 3 aromatic rings. The molecule has 2 aromatic carbocycles. The van der Waals surface area contributed by atoms with Crippen molar-refractivity contribution in [2.45, 2.75) is 31.9 Å². The Bertz CT molecular complexity index is 1040. The van der Waals surface area contributed by atoms with Crippen LogP contribution < -0.4 is 20.1 Å². The third-order valence-electron chi connectivity index (χ3n) is 4.88. The van der Waals surface area contributed by atoms with Crippen molar-refractivity contribution in [3.63, 3.8) is 0 Å². The first-order chi connectivity index (χ1) is 13.5. The number of nitrogens with one attached hydrogen (secondary N) is 2. The van der Waals surface area contributed by atoms with Gasteiger partial charge in [-0.2, -0.15) is 0 Å². The van der Waals surface area contributed by atoms with Crippen molar-refractivity contribution in [1.29, 1.82) is 0 Å². The van der Waals surface area contributed by atoms with Crippen molar-refractivity contribution in [1.82, 2.24) is 10.3 Å². The highest BCUT2D eigenvalue weighted by atomic mass is 32.1. The van der Waals surface area contributed by atoms with Crippen LogP contribution in [0, 0.1) is 0 Å². The third kappa shape index (κ3) is 3.60. The van der Waals surface area contributed by atoms with E-state index in [1.807, 2.05) is 42.5 Å². The number of fused-ring (bicyclic) bond motifs is 2. The molecule has 1 aliphatic rings. The van der Waals surface area contributed by atoms with Crippen LogP contribution in [0.15, 0.2) is 54.7 Å². The fourth-order valence-electron chi connectivity index (χ4n) is 3.67. The average molecular weight is 394 g/mol. The Morgan fingerprint density at radius 3 is 2.82 bits per heavy atom. The van der Waals surface area contributed by atoms with Gasteiger partial charge < -0.3 is 20.1 Å². The molecule has 0 radical (unpaired) electrons. The lowest BCUT2D eigenvalue weighted by atomic mass is 9.90.